The molecule has 1 aromatic heterocycles. The fraction of sp³-hybridized carbons (Fsp3) is 0.0556. The number of aromatic nitrogens is 2. The Bertz CT molecular complexity index is 1070. The molecule has 0 unspecified atom stereocenters. The Balaban J connectivity index is 2.16. The number of carbonyl (C=O) groups is 1. The summed E-state index contributed by atoms with van der Waals surface area (Å²) in [6.45, 7) is 0. The number of anilines is 1. The predicted octanol–water partition coefficient (Wildman–Crippen LogP) is 4.23. The summed E-state index contributed by atoms with van der Waals surface area (Å²) in [6.07, 6.45) is -4.73. The molecule has 0 aliphatic rings. The van der Waals surface area contributed by atoms with Crippen LogP contribution in [-0.2, 0) is 6.18 Å². The molecule has 27 heavy (non-hydrogen) atoms. The number of ketones is 1. The minimum atomic E-state index is -4.73. The van der Waals surface area contributed by atoms with Gasteiger partial charge >= 0.3 is 6.18 Å². The molecule has 3 aromatic rings. The minimum Gasteiger partial charge on any atom is -0.382 e. The first kappa shape index (κ1) is 18.5. The van der Waals surface area contributed by atoms with Crippen LogP contribution in [-0.4, -0.2) is 15.6 Å². The van der Waals surface area contributed by atoms with Gasteiger partial charge in [-0.25, -0.2) is 4.68 Å². The summed E-state index contributed by atoms with van der Waals surface area (Å²) in [7, 11) is 0. The third-order valence-corrected chi connectivity index (χ3v) is 4.05. The van der Waals surface area contributed by atoms with Gasteiger partial charge in [0.05, 0.1) is 11.3 Å². The molecule has 1 heterocycles. The molecule has 2 N–H and O–H groups in total. The van der Waals surface area contributed by atoms with E-state index >= 15 is 0 Å². The van der Waals surface area contributed by atoms with Crippen LogP contribution in [0.5, 0.6) is 0 Å². The van der Waals surface area contributed by atoms with Crippen LogP contribution in [0.3, 0.4) is 0 Å². The summed E-state index contributed by atoms with van der Waals surface area (Å²) in [5, 5.41) is 13.8. The number of carbonyl (C=O) groups excluding carboxylic acids is 1. The molecule has 0 aliphatic heterocycles. The third-order valence-electron chi connectivity index (χ3n) is 3.80. The molecule has 0 radical (unpaired) electrons. The Morgan fingerprint density at radius 2 is 1.78 bits per heavy atom. The van der Waals surface area contributed by atoms with Gasteiger partial charge in [0.2, 0.25) is 5.78 Å². The maximum atomic E-state index is 13.2. The minimum absolute atomic E-state index is 0.160. The highest BCUT2D eigenvalue weighted by Gasteiger charge is 2.36. The fourth-order valence-electron chi connectivity index (χ4n) is 2.54. The largest absolute Gasteiger partial charge is 0.417 e. The molecular formula is C18H10ClF3N4O. The lowest BCUT2D eigenvalue weighted by Gasteiger charge is -2.10. The zero-order valence-corrected chi connectivity index (χ0v) is 14.2. The number of benzene rings is 2. The number of nitriles is 1. The van der Waals surface area contributed by atoms with Gasteiger partial charge in [-0.1, -0.05) is 29.8 Å². The Kier molecular flexibility index (Phi) is 4.64. The van der Waals surface area contributed by atoms with Crippen molar-refractivity contribution in [3.8, 4) is 11.8 Å². The summed E-state index contributed by atoms with van der Waals surface area (Å²) >= 11 is 5.82. The molecule has 0 saturated carbocycles. The highest BCUT2D eigenvalue weighted by atomic mass is 35.5. The monoisotopic (exact) mass is 390 g/mol. The summed E-state index contributed by atoms with van der Waals surface area (Å²) < 4.78 is 40.8. The van der Waals surface area contributed by atoms with Crippen LogP contribution in [0.15, 0.2) is 48.5 Å². The molecule has 3 rings (SSSR count). The van der Waals surface area contributed by atoms with E-state index in [0.717, 1.165) is 16.8 Å². The van der Waals surface area contributed by atoms with E-state index in [4.69, 9.17) is 17.3 Å². The molecule has 0 aliphatic carbocycles. The first-order valence-corrected chi connectivity index (χ1v) is 7.87. The lowest BCUT2D eigenvalue weighted by molar-refractivity contribution is -0.137. The maximum absolute atomic E-state index is 13.2. The maximum Gasteiger partial charge on any atom is 0.417 e. The van der Waals surface area contributed by atoms with Crippen molar-refractivity contribution in [2.24, 2.45) is 0 Å². The lowest BCUT2D eigenvalue weighted by Crippen LogP contribution is -2.15. The Morgan fingerprint density at radius 1 is 1.15 bits per heavy atom. The van der Waals surface area contributed by atoms with Gasteiger partial charge in [-0.2, -0.15) is 23.5 Å². The first-order valence-electron chi connectivity index (χ1n) is 7.49. The molecule has 2 aromatic carbocycles. The molecule has 0 atom stereocenters. The summed E-state index contributed by atoms with van der Waals surface area (Å²) in [4.78, 5) is 12.7. The van der Waals surface area contributed by atoms with Crippen LogP contribution in [0, 0.1) is 11.3 Å². The van der Waals surface area contributed by atoms with Gasteiger partial charge in [0.1, 0.15) is 17.5 Å². The van der Waals surface area contributed by atoms with Crippen molar-refractivity contribution in [2.75, 3.05) is 5.73 Å². The summed E-state index contributed by atoms with van der Waals surface area (Å²) in [5.74, 6) is -1.20. The fourth-order valence-corrected chi connectivity index (χ4v) is 2.66. The molecule has 9 heteroatoms. The van der Waals surface area contributed by atoms with E-state index in [0.29, 0.717) is 10.7 Å². The van der Waals surface area contributed by atoms with Gasteiger partial charge in [0.15, 0.2) is 5.69 Å². The average molecular weight is 391 g/mol. The molecule has 0 saturated heterocycles. The molecule has 0 amide bonds. The van der Waals surface area contributed by atoms with Gasteiger partial charge in [0.25, 0.3) is 0 Å². The smallest absolute Gasteiger partial charge is 0.382 e. The van der Waals surface area contributed by atoms with E-state index < -0.39 is 28.8 Å². The highest BCUT2D eigenvalue weighted by molar-refractivity contribution is 6.30. The van der Waals surface area contributed by atoms with Crippen LogP contribution < -0.4 is 5.73 Å². The molecule has 0 bridgehead atoms. The van der Waals surface area contributed by atoms with Crippen LogP contribution >= 0.6 is 11.6 Å². The Morgan fingerprint density at radius 3 is 2.37 bits per heavy atom. The molecule has 0 spiro atoms. The number of rotatable bonds is 3. The Hall–Kier alpha value is -3.31. The number of nitrogens with zero attached hydrogens (tertiary/aromatic N) is 3. The Labute approximate surface area is 156 Å². The van der Waals surface area contributed by atoms with Gasteiger partial charge in [-0.3, -0.25) is 4.79 Å². The van der Waals surface area contributed by atoms with Crippen LogP contribution in [0.25, 0.3) is 5.69 Å². The second-order valence-electron chi connectivity index (χ2n) is 5.48. The van der Waals surface area contributed by atoms with Crippen LogP contribution in [0.2, 0.25) is 5.02 Å². The quantitative estimate of drug-likeness (QED) is 0.678. The van der Waals surface area contributed by atoms with E-state index in [-0.39, 0.29) is 11.4 Å². The van der Waals surface area contributed by atoms with Gasteiger partial charge in [0, 0.05) is 10.6 Å². The van der Waals surface area contributed by atoms with Crippen LogP contribution in [0.4, 0.5) is 19.0 Å². The van der Waals surface area contributed by atoms with Crippen LogP contribution in [0.1, 0.15) is 27.2 Å². The second kappa shape index (κ2) is 6.78. The van der Waals surface area contributed by atoms with Crippen molar-refractivity contribution in [1.82, 2.24) is 9.78 Å². The number of alkyl halides is 3. The standard InChI is InChI=1S/C18H10ClF3N4O/c19-10-5-7-11(8-6-10)26-17(24)13(9-23)15(25-26)16(27)12-3-1-2-4-14(12)18(20,21)22/h1-8H,24H2. The first-order chi connectivity index (χ1) is 12.7. The average Bonchev–Trinajstić information content (AvgIpc) is 2.97. The van der Waals surface area contributed by atoms with E-state index in [1.165, 1.54) is 12.1 Å². The SMILES string of the molecule is N#Cc1c(C(=O)c2ccccc2C(F)(F)F)nn(-c2ccc(Cl)cc2)c1N. The highest BCUT2D eigenvalue weighted by Crippen LogP contribution is 2.33. The molecule has 136 valence electrons. The number of halogens is 4. The van der Waals surface area contributed by atoms with Crippen molar-refractivity contribution in [2.45, 2.75) is 6.18 Å². The topological polar surface area (TPSA) is 84.7 Å². The molecule has 5 nitrogen and oxygen atoms in total. The zero-order chi connectivity index (χ0) is 19.8. The van der Waals surface area contributed by atoms with Crippen molar-refractivity contribution in [1.29, 1.82) is 5.26 Å². The second-order valence-corrected chi connectivity index (χ2v) is 5.92. The summed E-state index contributed by atoms with van der Waals surface area (Å²) in [6, 6.07) is 12.2. The molecule has 0 fully saturated rings. The molecular weight excluding hydrogens is 381 g/mol. The van der Waals surface area contributed by atoms with Crippen molar-refractivity contribution >= 4 is 23.2 Å². The normalized spacial score (nSPS) is 11.2. The predicted molar refractivity (Wildman–Crippen MR) is 92.6 cm³/mol. The third kappa shape index (κ3) is 3.37. The van der Waals surface area contributed by atoms with Crippen molar-refractivity contribution < 1.29 is 18.0 Å². The summed E-state index contributed by atoms with van der Waals surface area (Å²) in [5.41, 5.74) is 3.82. The lowest BCUT2D eigenvalue weighted by atomic mass is 9.99. The van der Waals surface area contributed by atoms with E-state index in [1.54, 1.807) is 30.3 Å². The van der Waals surface area contributed by atoms with Crippen molar-refractivity contribution in [3.05, 3.63) is 75.9 Å². The number of nitrogen functional groups attached to an aromatic ring is 1. The van der Waals surface area contributed by atoms with Gasteiger partial charge < -0.3 is 5.73 Å². The number of hydrogen-bond acceptors (Lipinski definition) is 4. The number of nitrogens with two attached hydrogens (primary N) is 1. The number of hydrogen-bond donors (Lipinski definition) is 1. The van der Waals surface area contributed by atoms with E-state index in [2.05, 4.69) is 5.10 Å². The zero-order valence-electron chi connectivity index (χ0n) is 13.5. The van der Waals surface area contributed by atoms with Gasteiger partial charge in [-0.15, -0.1) is 0 Å². The van der Waals surface area contributed by atoms with Gasteiger partial charge in [-0.05, 0) is 30.3 Å². The van der Waals surface area contributed by atoms with E-state index in [1.807, 2.05) is 0 Å². The van der Waals surface area contributed by atoms with Crippen molar-refractivity contribution in [3.63, 3.8) is 0 Å². The van der Waals surface area contributed by atoms with E-state index in [9.17, 15) is 23.2 Å².